The normalized spacial score (nSPS) is 14.2. The second-order valence-corrected chi connectivity index (χ2v) is 7.49. The molecule has 0 unspecified atom stereocenters. The molecule has 31 heavy (non-hydrogen) atoms. The molecule has 1 aromatic carbocycles. The number of benzene rings is 1. The Labute approximate surface area is 182 Å². The highest BCUT2D eigenvalue weighted by Crippen LogP contribution is 2.25. The lowest BCUT2D eigenvalue weighted by Gasteiger charge is -2.33. The van der Waals surface area contributed by atoms with Gasteiger partial charge < -0.3 is 24.3 Å². The van der Waals surface area contributed by atoms with E-state index in [9.17, 15) is 14.4 Å². The maximum absolute atomic E-state index is 12.5. The Morgan fingerprint density at radius 2 is 1.77 bits per heavy atom. The number of carbonyl (C=O) groups excluding carboxylic acids is 3. The van der Waals surface area contributed by atoms with Gasteiger partial charge in [-0.05, 0) is 55.7 Å². The Balaban J connectivity index is 1.39. The summed E-state index contributed by atoms with van der Waals surface area (Å²) in [6.07, 6.45) is 4.45. The highest BCUT2D eigenvalue weighted by atomic mass is 16.5. The fourth-order valence-corrected chi connectivity index (χ4v) is 3.83. The van der Waals surface area contributed by atoms with E-state index in [1.807, 2.05) is 21.7 Å². The molecule has 1 aliphatic rings. The van der Waals surface area contributed by atoms with Crippen molar-refractivity contribution in [3.05, 3.63) is 53.9 Å². The largest absolute Gasteiger partial charge is 0.497 e. The van der Waals surface area contributed by atoms with E-state index in [1.54, 1.807) is 37.4 Å². The summed E-state index contributed by atoms with van der Waals surface area (Å²) in [5.74, 6) is 0.284. The third-order valence-electron chi connectivity index (χ3n) is 5.59. The van der Waals surface area contributed by atoms with Crippen molar-refractivity contribution in [2.24, 2.45) is 0 Å². The summed E-state index contributed by atoms with van der Waals surface area (Å²) >= 11 is 0. The minimum absolute atomic E-state index is 0.0952. The third-order valence-corrected chi connectivity index (χ3v) is 5.59. The smallest absolute Gasteiger partial charge is 0.354 e. The van der Waals surface area contributed by atoms with E-state index in [-0.39, 0.29) is 23.8 Å². The van der Waals surface area contributed by atoms with Crippen LogP contribution in [0.2, 0.25) is 0 Å². The van der Waals surface area contributed by atoms with Gasteiger partial charge in [0.15, 0.2) is 0 Å². The third kappa shape index (κ3) is 5.65. The predicted molar refractivity (Wildman–Crippen MR) is 115 cm³/mol. The molecule has 0 spiro atoms. The number of carbonyl (C=O) groups is 3. The van der Waals surface area contributed by atoms with Gasteiger partial charge in [0.1, 0.15) is 11.4 Å². The number of hydrogen-bond acceptors (Lipinski definition) is 5. The number of methoxy groups -OCH3 is 2. The fourth-order valence-electron chi connectivity index (χ4n) is 3.83. The SMILES string of the molecule is COC(=O)c1cccn1C1CCN(C(=O)CCCNC(=O)c2ccc(OC)cc2)CC1. The molecule has 1 fully saturated rings. The molecule has 8 nitrogen and oxygen atoms in total. The van der Waals surface area contributed by atoms with Gasteiger partial charge >= 0.3 is 5.97 Å². The van der Waals surface area contributed by atoms with E-state index in [2.05, 4.69) is 5.32 Å². The van der Waals surface area contributed by atoms with Crippen LogP contribution in [0.5, 0.6) is 5.75 Å². The molecule has 0 atom stereocenters. The van der Waals surface area contributed by atoms with Gasteiger partial charge in [-0.3, -0.25) is 9.59 Å². The van der Waals surface area contributed by atoms with Crippen molar-refractivity contribution in [3.63, 3.8) is 0 Å². The lowest BCUT2D eigenvalue weighted by atomic mass is 10.0. The van der Waals surface area contributed by atoms with Crippen LogP contribution in [0.4, 0.5) is 0 Å². The Bertz CT molecular complexity index is 898. The first kappa shape index (κ1) is 22.4. The van der Waals surface area contributed by atoms with Crippen molar-refractivity contribution >= 4 is 17.8 Å². The zero-order chi connectivity index (χ0) is 22.2. The van der Waals surface area contributed by atoms with Crippen LogP contribution < -0.4 is 10.1 Å². The van der Waals surface area contributed by atoms with Gasteiger partial charge in [-0.1, -0.05) is 0 Å². The molecule has 0 aliphatic carbocycles. The lowest BCUT2D eigenvalue weighted by molar-refractivity contribution is -0.132. The van der Waals surface area contributed by atoms with Crippen LogP contribution in [-0.4, -0.2) is 61.1 Å². The van der Waals surface area contributed by atoms with Crippen LogP contribution in [0.25, 0.3) is 0 Å². The molecule has 3 rings (SSSR count). The number of esters is 1. The molecule has 8 heteroatoms. The molecule has 2 amide bonds. The second-order valence-electron chi connectivity index (χ2n) is 7.49. The molecule has 1 N–H and O–H groups in total. The summed E-state index contributed by atoms with van der Waals surface area (Å²) in [6.45, 7) is 1.75. The Morgan fingerprint density at radius 1 is 1.06 bits per heavy atom. The van der Waals surface area contributed by atoms with Gasteiger partial charge in [-0.25, -0.2) is 4.79 Å². The number of aromatic nitrogens is 1. The Morgan fingerprint density at radius 3 is 2.42 bits per heavy atom. The highest BCUT2D eigenvalue weighted by molar-refractivity contribution is 5.94. The average Bonchev–Trinajstić information content (AvgIpc) is 3.31. The van der Waals surface area contributed by atoms with Gasteiger partial charge in [0.25, 0.3) is 5.91 Å². The van der Waals surface area contributed by atoms with E-state index in [0.717, 1.165) is 12.8 Å². The molecule has 1 aromatic heterocycles. The van der Waals surface area contributed by atoms with Crippen LogP contribution in [0, 0.1) is 0 Å². The molecule has 0 radical (unpaired) electrons. The topological polar surface area (TPSA) is 89.9 Å². The van der Waals surface area contributed by atoms with Gasteiger partial charge in [0.05, 0.1) is 14.2 Å². The van der Waals surface area contributed by atoms with E-state index < -0.39 is 0 Å². The van der Waals surface area contributed by atoms with Crippen molar-refractivity contribution in [2.75, 3.05) is 33.9 Å². The summed E-state index contributed by atoms with van der Waals surface area (Å²) in [7, 11) is 2.95. The van der Waals surface area contributed by atoms with Crippen LogP contribution >= 0.6 is 0 Å². The van der Waals surface area contributed by atoms with Crippen LogP contribution in [0.3, 0.4) is 0 Å². The van der Waals surface area contributed by atoms with Crippen LogP contribution in [0.15, 0.2) is 42.6 Å². The summed E-state index contributed by atoms with van der Waals surface area (Å²) in [5, 5.41) is 2.85. The van der Waals surface area contributed by atoms with E-state index in [4.69, 9.17) is 9.47 Å². The van der Waals surface area contributed by atoms with Gasteiger partial charge in [-0.2, -0.15) is 0 Å². The van der Waals surface area contributed by atoms with E-state index in [0.29, 0.717) is 49.5 Å². The zero-order valence-corrected chi connectivity index (χ0v) is 18.0. The predicted octanol–water partition coefficient (Wildman–Crippen LogP) is 2.66. The number of hydrogen-bond donors (Lipinski definition) is 1. The number of likely N-dealkylation sites (tertiary alicyclic amines) is 1. The first-order chi connectivity index (χ1) is 15.0. The van der Waals surface area contributed by atoms with Gasteiger partial charge in [0, 0.05) is 43.9 Å². The number of nitrogens with zero attached hydrogens (tertiary/aromatic N) is 2. The van der Waals surface area contributed by atoms with Crippen molar-refractivity contribution in [1.82, 2.24) is 14.8 Å². The highest BCUT2D eigenvalue weighted by Gasteiger charge is 2.25. The average molecular weight is 428 g/mol. The minimum Gasteiger partial charge on any atom is -0.497 e. The van der Waals surface area contributed by atoms with Crippen LogP contribution in [0.1, 0.15) is 52.6 Å². The van der Waals surface area contributed by atoms with Crippen LogP contribution in [-0.2, 0) is 9.53 Å². The van der Waals surface area contributed by atoms with Gasteiger partial charge in [-0.15, -0.1) is 0 Å². The zero-order valence-electron chi connectivity index (χ0n) is 18.0. The lowest BCUT2D eigenvalue weighted by Crippen LogP contribution is -2.39. The second kappa shape index (κ2) is 10.7. The van der Waals surface area contributed by atoms with Gasteiger partial charge in [0.2, 0.25) is 5.91 Å². The molecule has 0 saturated carbocycles. The summed E-state index contributed by atoms with van der Waals surface area (Å²) in [4.78, 5) is 38.4. The van der Waals surface area contributed by atoms with E-state index in [1.165, 1.54) is 7.11 Å². The summed E-state index contributed by atoms with van der Waals surface area (Å²) in [6, 6.07) is 10.7. The Kier molecular flexibility index (Phi) is 7.70. The first-order valence-electron chi connectivity index (χ1n) is 10.5. The molecule has 0 bridgehead atoms. The van der Waals surface area contributed by atoms with Crippen molar-refractivity contribution in [1.29, 1.82) is 0 Å². The maximum atomic E-state index is 12.5. The molecule has 1 aliphatic heterocycles. The first-order valence-corrected chi connectivity index (χ1v) is 10.5. The quantitative estimate of drug-likeness (QED) is 0.517. The molecule has 2 heterocycles. The number of nitrogens with one attached hydrogen (secondary N) is 1. The fraction of sp³-hybridized carbons (Fsp3) is 0.435. The number of piperidine rings is 1. The monoisotopic (exact) mass is 427 g/mol. The molecular formula is C23H29N3O5. The van der Waals surface area contributed by atoms with Crippen molar-refractivity contribution in [3.8, 4) is 5.75 Å². The molecule has 1 saturated heterocycles. The molecule has 2 aromatic rings. The minimum atomic E-state index is -0.347. The van der Waals surface area contributed by atoms with Crippen molar-refractivity contribution in [2.45, 2.75) is 31.7 Å². The van der Waals surface area contributed by atoms with Crippen molar-refractivity contribution < 1.29 is 23.9 Å². The number of amides is 2. The Hall–Kier alpha value is -3.29. The summed E-state index contributed by atoms with van der Waals surface area (Å²) in [5.41, 5.74) is 1.10. The maximum Gasteiger partial charge on any atom is 0.354 e. The number of ether oxygens (including phenoxy) is 2. The summed E-state index contributed by atoms with van der Waals surface area (Å²) < 4.78 is 11.9. The standard InChI is InChI=1S/C23H29N3O5/c1-30-19-9-7-17(8-10-19)22(28)24-13-3-6-21(27)25-15-11-18(12-16-25)26-14-4-5-20(26)23(29)31-2/h4-5,7-10,14,18H,3,6,11-13,15-16H2,1-2H3,(H,24,28). The molecule has 166 valence electrons. The molecular weight excluding hydrogens is 398 g/mol. The van der Waals surface area contributed by atoms with E-state index >= 15 is 0 Å². The number of rotatable bonds is 8.